The van der Waals surface area contributed by atoms with Crippen LogP contribution in [-0.4, -0.2) is 10.1 Å². The van der Waals surface area contributed by atoms with Crippen LogP contribution in [-0.2, 0) is 6.42 Å². The number of aliphatic hydroxyl groups excluding tert-OH is 1. The number of hydrogen-bond donors (Lipinski definition) is 1. The van der Waals surface area contributed by atoms with E-state index in [0.29, 0.717) is 10.4 Å². The molecule has 0 spiro atoms. The molecule has 0 amide bonds. The first-order chi connectivity index (χ1) is 8.06. The molecule has 5 heteroatoms. The molecule has 1 atom stereocenters. The summed E-state index contributed by atoms with van der Waals surface area (Å²) < 4.78 is 26.1. The number of aliphatic hydroxyl groups is 1. The number of aromatic nitrogens is 1. The fraction of sp³-hybridized carbons (Fsp3) is 0.250. The van der Waals surface area contributed by atoms with E-state index in [0.717, 1.165) is 11.1 Å². The van der Waals surface area contributed by atoms with E-state index in [1.165, 1.54) is 23.5 Å². The fourth-order valence-electron chi connectivity index (χ4n) is 1.53. The Morgan fingerprint density at radius 1 is 1.41 bits per heavy atom. The van der Waals surface area contributed by atoms with Gasteiger partial charge in [-0.3, -0.25) is 0 Å². The highest BCUT2D eigenvalue weighted by Gasteiger charge is 2.14. The second-order valence-electron chi connectivity index (χ2n) is 3.74. The van der Waals surface area contributed by atoms with Crippen molar-refractivity contribution in [1.82, 2.24) is 4.98 Å². The van der Waals surface area contributed by atoms with Crippen molar-refractivity contribution in [3.8, 4) is 0 Å². The van der Waals surface area contributed by atoms with Crippen molar-refractivity contribution in [1.29, 1.82) is 0 Å². The van der Waals surface area contributed by atoms with E-state index < -0.39 is 17.7 Å². The second kappa shape index (κ2) is 4.89. The molecule has 0 saturated carbocycles. The zero-order valence-corrected chi connectivity index (χ0v) is 9.97. The molecule has 0 saturated heterocycles. The van der Waals surface area contributed by atoms with Crippen molar-refractivity contribution >= 4 is 11.3 Å². The Morgan fingerprint density at radius 2 is 2.18 bits per heavy atom. The Hall–Kier alpha value is -1.33. The molecule has 0 fully saturated rings. The summed E-state index contributed by atoms with van der Waals surface area (Å²) in [7, 11) is 0. The van der Waals surface area contributed by atoms with Gasteiger partial charge >= 0.3 is 0 Å². The van der Waals surface area contributed by atoms with Gasteiger partial charge in [-0.05, 0) is 18.6 Å². The lowest BCUT2D eigenvalue weighted by molar-refractivity contribution is 0.180. The number of thiazole rings is 1. The van der Waals surface area contributed by atoms with Crippen molar-refractivity contribution in [3.05, 3.63) is 51.5 Å². The van der Waals surface area contributed by atoms with Crippen LogP contribution in [0.2, 0.25) is 0 Å². The Balaban J connectivity index is 2.15. The third-order valence-corrected chi connectivity index (χ3v) is 3.41. The summed E-state index contributed by atoms with van der Waals surface area (Å²) in [5.41, 5.74) is 0.296. The summed E-state index contributed by atoms with van der Waals surface area (Å²) in [5.74, 6) is -1.25. The summed E-state index contributed by atoms with van der Waals surface area (Å²) >= 11 is 1.37. The molecule has 1 aromatic heterocycles. The molecular weight excluding hydrogens is 244 g/mol. The van der Waals surface area contributed by atoms with Crippen LogP contribution in [0.4, 0.5) is 8.78 Å². The number of hydrogen-bond acceptors (Lipinski definition) is 3. The van der Waals surface area contributed by atoms with E-state index in [2.05, 4.69) is 4.98 Å². The third kappa shape index (κ3) is 2.87. The van der Waals surface area contributed by atoms with Gasteiger partial charge in [-0.25, -0.2) is 13.8 Å². The first kappa shape index (κ1) is 12.1. The molecule has 1 heterocycles. The Labute approximate surface area is 102 Å². The van der Waals surface area contributed by atoms with Crippen LogP contribution in [0, 0.1) is 18.6 Å². The first-order valence-corrected chi connectivity index (χ1v) is 5.92. The van der Waals surface area contributed by atoms with Crippen molar-refractivity contribution in [2.45, 2.75) is 19.4 Å². The Morgan fingerprint density at radius 3 is 2.76 bits per heavy atom. The monoisotopic (exact) mass is 255 g/mol. The molecule has 2 rings (SSSR count). The van der Waals surface area contributed by atoms with Gasteiger partial charge in [0.1, 0.15) is 11.6 Å². The van der Waals surface area contributed by atoms with E-state index in [-0.39, 0.29) is 6.42 Å². The van der Waals surface area contributed by atoms with Crippen LogP contribution in [0.25, 0.3) is 0 Å². The molecule has 1 N–H and O–H groups in total. The van der Waals surface area contributed by atoms with E-state index in [4.69, 9.17) is 0 Å². The molecule has 0 bridgehead atoms. The van der Waals surface area contributed by atoms with Crippen LogP contribution in [0.3, 0.4) is 0 Å². The molecule has 2 nitrogen and oxygen atoms in total. The Kier molecular flexibility index (Phi) is 3.49. The maximum atomic E-state index is 13.4. The molecule has 1 unspecified atom stereocenters. The predicted octanol–water partition coefficient (Wildman–Crippen LogP) is 3.01. The normalized spacial score (nSPS) is 12.7. The van der Waals surface area contributed by atoms with Crippen molar-refractivity contribution in [3.63, 3.8) is 0 Å². The van der Waals surface area contributed by atoms with Gasteiger partial charge in [-0.2, -0.15) is 0 Å². The summed E-state index contributed by atoms with van der Waals surface area (Å²) in [6, 6.07) is 3.35. The predicted molar refractivity (Wildman–Crippen MR) is 61.9 cm³/mol. The van der Waals surface area contributed by atoms with Crippen LogP contribution < -0.4 is 0 Å². The maximum Gasteiger partial charge on any atom is 0.129 e. The minimum Gasteiger partial charge on any atom is -0.387 e. The maximum absolute atomic E-state index is 13.4. The van der Waals surface area contributed by atoms with E-state index in [9.17, 15) is 13.9 Å². The van der Waals surface area contributed by atoms with Crippen molar-refractivity contribution in [2.75, 3.05) is 0 Å². The van der Waals surface area contributed by atoms with Gasteiger partial charge in [-0.15, -0.1) is 11.3 Å². The highest BCUT2D eigenvalue weighted by atomic mass is 32.1. The van der Waals surface area contributed by atoms with E-state index in [1.54, 1.807) is 6.20 Å². The number of aryl methyl sites for hydroxylation is 1. The smallest absolute Gasteiger partial charge is 0.129 e. The fourth-order valence-corrected chi connectivity index (χ4v) is 2.30. The van der Waals surface area contributed by atoms with Crippen molar-refractivity contribution < 1.29 is 13.9 Å². The minimum atomic E-state index is -0.804. The lowest BCUT2D eigenvalue weighted by Gasteiger charge is -2.08. The van der Waals surface area contributed by atoms with Gasteiger partial charge in [-0.1, -0.05) is 6.07 Å². The van der Waals surface area contributed by atoms with E-state index >= 15 is 0 Å². The van der Waals surface area contributed by atoms with Crippen molar-refractivity contribution in [2.24, 2.45) is 0 Å². The minimum absolute atomic E-state index is 0.119. The van der Waals surface area contributed by atoms with Gasteiger partial charge in [0.2, 0.25) is 0 Å². The summed E-state index contributed by atoms with van der Waals surface area (Å²) in [6.07, 6.45) is 0.890. The summed E-state index contributed by atoms with van der Waals surface area (Å²) in [4.78, 5) is 4.71. The molecule has 0 aliphatic carbocycles. The lowest BCUT2D eigenvalue weighted by atomic mass is 10.1. The van der Waals surface area contributed by atoms with E-state index in [1.807, 2.05) is 6.92 Å². The summed E-state index contributed by atoms with van der Waals surface area (Å²) in [5, 5.41) is 10.7. The number of nitrogens with zero attached hydrogens (tertiary/aromatic N) is 1. The molecule has 90 valence electrons. The van der Waals surface area contributed by atoms with Crippen LogP contribution in [0.15, 0.2) is 24.4 Å². The molecule has 17 heavy (non-hydrogen) atoms. The Bertz CT molecular complexity index is 527. The quantitative estimate of drug-likeness (QED) is 0.914. The first-order valence-electron chi connectivity index (χ1n) is 5.10. The van der Waals surface area contributed by atoms with Gasteiger partial charge < -0.3 is 5.11 Å². The van der Waals surface area contributed by atoms with Gasteiger partial charge in [0.25, 0.3) is 0 Å². The van der Waals surface area contributed by atoms with Crippen LogP contribution in [0.1, 0.15) is 21.6 Å². The zero-order chi connectivity index (χ0) is 12.4. The number of benzene rings is 1. The molecule has 0 aliphatic heterocycles. The second-order valence-corrected chi connectivity index (χ2v) is 5.00. The molecule has 2 aromatic rings. The topological polar surface area (TPSA) is 33.1 Å². The third-order valence-electron chi connectivity index (χ3n) is 2.40. The molecule has 0 aliphatic rings. The van der Waals surface area contributed by atoms with Crippen LogP contribution >= 0.6 is 11.3 Å². The summed E-state index contributed by atoms with van der Waals surface area (Å²) in [6.45, 7) is 1.83. The number of halogens is 2. The van der Waals surface area contributed by atoms with Gasteiger partial charge in [0.05, 0.1) is 16.0 Å². The standard InChI is InChI=1S/C12H11F2NOS/c1-7-15-6-12(17-7)11(16)4-8-2-3-9(13)5-10(8)14/h2-3,5-6,11,16H,4H2,1H3. The molecule has 1 aromatic carbocycles. The lowest BCUT2D eigenvalue weighted by Crippen LogP contribution is -2.02. The average Bonchev–Trinajstić information content (AvgIpc) is 2.69. The SMILES string of the molecule is Cc1ncc(C(O)Cc2ccc(F)cc2F)s1. The molecule has 0 radical (unpaired) electrons. The largest absolute Gasteiger partial charge is 0.387 e. The number of rotatable bonds is 3. The van der Waals surface area contributed by atoms with Gasteiger partial charge in [0.15, 0.2) is 0 Å². The van der Waals surface area contributed by atoms with Gasteiger partial charge in [0, 0.05) is 18.7 Å². The highest BCUT2D eigenvalue weighted by Crippen LogP contribution is 2.24. The average molecular weight is 255 g/mol. The zero-order valence-electron chi connectivity index (χ0n) is 9.15. The van der Waals surface area contributed by atoms with Crippen LogP contribution in [0.5, 0.6) is 0 Å². The molecular formula is C12H11F2NOS. The highest BCUT2D eigenvalue weighted by molar-refractivity contribution is 7.11.